The lowest BCUT2D eigenvalue weighted by atomic mass is 9.83. The Hall–Kier alpha value is -2.24. The van der Waals surface area contributed by atoms with Crippen LogP contribution in [0.3, 0.4) is 0 Å². The summed E-state index contributed by atoms with van der Waals surface area (Å²) in [6, 6.07) is 0. The summed E-state index contributed by atoms with van der Waals surface area (Å²) >= 11 is 0. The van der Waals surface area contributed by atoms with Gasteiger partial charge < -0.3 is 9.47 Å². The molecule has 0 unspecified atom stereocenters. The molecule has 0 bridgehead atoms. The Bertz CT molecular complexity index is 772. The van der Waals surface area contributed by atoms with E-state index in [0.717, 1.165) is 64.2 Å². The molecule has 4 aliphatic rings. The van der Waals surface area contributed by atoms with Crippen molar-refractivity contribution >= 4 is 23.7 Å². The van der Waals surface area contributed by atoms with E-state index in [1.165, 1.54) is 38.5 Å². The molecule has 0 aromatic carbocycles. The quantitative estimate of drug-likeness (QED) is 0.196. The van der Waals surface area contributed by atoms with Gasteiger partial charge in [-0.15, -0.1) is 0 Å². The summed E-state index contributed by atoms with van der Waals surface area (Å²) < 4.78 is 10.9. The van der Waals surface area contributed by atoms with Crippen LogP contribution in [0.2, 0.25) is 0 Å². The Morgan fingerprint density at radius 3 is 1.41 bits per heavy atom. The second-order valence-corrected chi connectivity index (χ2v) is 10.3. The standard InChI is InChI=1S/C28H40N2O4/c31-25-27(19-13-9-14-20-27)29-23(33-25)17-11-7-5-3-1-2-4-6-8-12-18-24-30-28(26(32)34-24)21-15-10-16-22-28/h7-8,11-12H,1-6,9-10,13-22H2/b11-7+,12-8+. The first-order chi connectivity index (χ1) is 16.6. The average molecular weight is 469 g/mol. The van der Waals surface area contributed by atoms with Crippen molar-refractivity contribution in [2.45, 2.75) is 127 Å². The molecule has 0 aromatic rings. The minimum atomic E-state index is -0.553. The third-order valence-electron chi connectivity index (χ3n) is 7.63. The Kier molecular flexibility index (Phi) is 8.74. The lowest BCUT2D eigenvalue weighted by Gasteiger charge is -2.25. The highest BCUT2D eigenvalue weighted by Crippen LogP contribution is 2.37. The largest absolute Gasteiger partial charge is 0.410 e. The van der Waals surface area contributed by atoms with Gasteiger partial charge in [0.1, 0.15) is 0 Å². The number of ether oxygens (including phenoxy) is 2. The summed E-state index contributed by atoms with van der Waals surface area (Å²) in [7, 11) is 0. The molecular weight excluding hydrogens is 428 g/mol. The fourth-order valence-electron chi connectivity index (χ4n) is 5.58. The predicted molar refractivity (Wildman–Crippen MR) is 134 cm³/mol. The molecule has 2 heterocycles. The highest BCUT2D eigenvalue weighted by atomic mass is 16.6. The molecule has 0 radical (unpaired) electrons. The van der Waals surface area contributed by atoms with Crippen LogP contribution in [0.15, 0.2) is 34.3 Å². The second kappa shape index (κ2) is 11.9. The summed E-state index contributed by atoms with van der Waals surface area (Å²) in [4.78, 5) is 33.7. The third-order valence-corrected chi connectivity index (χ3v) is 7.63. The maximum Gasteiger partial charge on any atom is 0.340 e. The second-order valence-electron chi connectivity index (χ2n) is 10.3. The minimum absolute atomic E-state index is 0.130. The monoisotopic (exact) mass is 468 g/mol. The zero-order valence-corrected chi connectivity index (χ0v) is 20.6. The van der Waals surface area contributed by atoms with E-state index in [-0.39, 0.29) is 11.9 Å². The smallest absolute Gasteiger partial charge is 0.340 e. The number of esters is 2. The van der Waals surface area contributed by atoms with Gasteiger partial charge in [0.15, 0.2) is 22.9 Å². The molecule has 0 atom stereocenters. The molecule has 0 saturated heterocycles. The SMILES string of the molecule is O=C1OC(C/C=C/CCCCCC/C=C/CC2=NC3(CCCCC3)C(=O)O2)=NC12CCCCC2. The number of hydrogen-bond donors (Lipinski definition) is 0. The lowest BCUT2D eigenvalue weighted by Crippen LogP contribution is -2.35. The fraction of sp³-hybridized carbons (Fsp3) is 0.714. The van der Waals surface area contributed by atoms with Crippen LogP contribution in [0.25, 0.3) is 0 Å². The average Bonchev–Trinajstić information content (AvgIpc) is 3.30. The van der Waals surface area contributed by atoms with Gasteiger partial charge in [-0.05, 0) is 51.4 Å². The molecular formula is C28H40N2O4. The zero-order chi connectivity index (χ0) is 23.7. The van der Waals surface area contributed by atoms with Crippen molar-refractivity contribution < 1.29 is 19.1 Å². The van der Waals surface area contributed by atoms with Crippen molar-refractivity contribution in [3.63, 3.8) is 0 Å². The molecule has 2 fully saturated rings. The van der Waals surface area contributed by atoms with Crippen molar-refractivity contribution in [2.24, 2.45) is 9.98 Å². The van der Waals surface area contributed by atoms with Crippen LogP contribution in [0.1, 0.15) is 116 Å². The van der Waals surface area contributed by atoms with E-state index in [0.29, 0.717) is 24.6 Å². The number of rotatable bonds is 11. The van der Waals surface area contributed by atoms with Gasteiger partial charge in [-0.3, -0.25) is 0 Å². The van der Waals surface area contributed by atoms with E-state index < -0.39 is 11.1 Å². The number of carbonyl (C=O) groups is 2. The van der Waals surface area contributed by atoms with Gasteiger partial charge >= 0.3 is 11.9 Å². The van der Waals surface area contributed by atoms with Gasteiger partial charge in [-0.25, -0.2) is 19.6 Å². The van der Waals surface area contributed by atoms with Crippen LogP contribution in [-0.4, -0.2) is 34.8 Å². The molecule has 2 aliphatic carbocycles. The highest BCUT2D eigenvalue weighted by Gasteiger charge is 2.46. The topological polar surface area (TPSA) is 77.3 Å². The Balaban J connectivity index is 1.03. The van der Waals surface area contributed by atoms with Crippen LogP contribution in [0, 0.1) is 0 Å². The molecule has 2 saturated carbocycles. The van der Waals surface area contributed by atoms with E-state index >= 15 is 0 Å². The van der Waals surface area contributed by atoms with Crippen LogP contribution in [-0.2, 0) is 19.1 Å². The molecule has 2 spiro atoms. The summed E-state index contributed by atoms with van der Waals surface area (Å²) in [5.74, 6) is 0.939. The third kappa shape index (κ3) is 6.25. The highest BCUT2D eigenvalue weighted by molar-refractivity contribution is 6.01. The van der Waals surface area contributed by atoms with Crippen LogP contribution < -0.4 is 0 Å². The number of unbranched alkanes of at least 4 members (excludes halogenated alkanes) is 5. The Morgan fingerprint density at radius 2 is 1.00 bits per heavy atom. The lowest BCUT2D eigenvalue weighted by molar-refractivity contribution is -0.141. The van der Waals surface area contributed by atoms with Crippen molar-refractivity contribution in [3.8, 4) is 0 Å². The minimum Gasteiger partial charge on any atom is -0.410 e. The van der Waals surface area contributed by atoms with Crippen molar-refractivity contribution in [1.82, 2.24) is 0 Å². The maximum absolute atomic E-state index is 12.2. The summed E-state index contributed by atoms with van der Waals surface area (Å²) in [6.45, 7) is 0. The number of nitrogens with zero attached hydrogens (tertiary/aromatic N) is 2. The van der Waals surface area contributed by atoms with Gasteiger partial charge in [0, 0.05) is 12.8 Å². The summed E-state index contributed by atoms with van der Waals surface area (Å²) in [5.41, 5.74) is -1.11. The van der Waals surface area contributed by atoms with Gasteiger partial charge in [0.2, 0.25) is 0 Å². The van der Waals surface area contributed by atoms with Crippen LogP contribution >= 0.6 is 0 Å². The van der Waals surface area contributed by atoms with E-state index in [4.69, 9.17) is 9.47 Å². The summed E-state index contributed by atoms with van der Waals surface area (Å²) in [5, 5.41) is 0. The first-order valence-corrected chi connectivity index (χ1v) is 13.5. The molecule has 186 valence electrons. The van der Waals surface area contributed by atoms with Crippen molar-refractivity contribution in [2.75, 3.05) is 0 Å². The maximum atomic E-state index is 12.2. The van der Waals surface area contributed by atoms with E-state index in [1.54, 1.807) is 0 Å². The molecule has 4 rings (SSSR count). The molecule has 6 heteroatoms. The van der Waals surface area contributed by atoms with Crippen LogP contribution in [0.4, 0.5) is 0 Å². The first kappa shape index (κ1) is 24.9. The molecule has 0 N–H and O–H groups in total. The van der Waals surface area contributed by atoms with Gasteiger partial charge in [-0.1, -0.05) is 75.7 Å². The van der Waals surface area contributed by atoms with Gasteiger partial charge in [0.25, 0.3) is 0 Å². The molecule has 34 heavy (non-hydrogen) atoms. The molecule has 2 aliphatic heterocycles. The number of hydrogen-bond acceptors (Lipinski definition) is 6. The molecule has 0 amide bonds. The van der Waals surface area contributed by atoms with Crippen molar-refractivity contribution in [3.05, 3.63) is 24.3 Å². The van der Waals surface area contributed by atoms with Gasteiger partial charge in [-0.2, -0.15) is 0 Å². The predicted octanol–water partition coefficient (Wildman–Crippen LogP) is 6.54. The number of cyclic esters (lactones) is 2. The number of carbonyl (C=O) groups excluding carboxylic acids is 2. The van der Waals surface area contributed by atoms with Gasteiger partial charge in [0.05, 0.1) is 0 Å². The van der Waals surface area contributed by atoms with E-state index in [2.05, 4.69) is 34.3 Å². The normalized spacial score (nSPS) is 23.6. The Labute approximate surface area is 204 Å². The fourth-order valence-corrected chi connectivity index (χ4v) is 5.58. The number of aliphatic imine (C=N–C) groups is 2. The summed E-state index contributed by atoms with van der Waals surface area (Å²) in [6.07, 6.45) is 26.7. The number of allylic oxidation sites excluding steroid dienone is 2. The Morgan fingerprint density at radius 1 is 0.588 bits per heavy atom. The first-order valence-electron chi connectivity index (χ1n) is 13.5. The molecule has 6 nitrogen and oxygen atoms in total. The van der Waals surface area contributed by atoms with E-state index in [1.807, 2.05) is 0 Å². The zero-order valence-electron chi connectivity index (χ0n) is 20.6. The van der Waals surface area contributed by atoms with Crippen LogP contribution in [0.5, 0.6) is 0 Å². The van der Waals surface area contributed by atoms with E-state index in [9.17, 15) is 9.59 Å². The molecule has 0 aromatic heterocycles. The van der Waals surface area contributed by atoms with Crippen molar-refractivity contribution in [1.29, 1.82) is 0 Å².